The second kappa shape index (κ2) is 6.85. The van der Waals surface area contributed by atoms with Crippen molar-refractivity contribution in [2.45, 2.75) is 25.9 Å². The molecule has 0 bridgehead atoms. The van der Waals surface area contributed by atoms with E-state index in [1.54, 1.807) is 6.33 Å². The topological polar surface area (TPSA) is 46.4 Å². The third kappa shape index (κ3) is 3.81. The van der Waals surface area contributed by atoms with Gasteiger partial charge in [-0.05, 0) is 31.8 Å². The summed E-state index contributed by atoms with van der Waals surface area (Å²) in [5, 5.41) is 8.14. The van der Waals surface area contributed by atoms with Gasteiger partial charge in [-0.2, -0.15) is 0 Å². The summed E-state index contributed by atoms with van der Waals surface area (Å²) in [6.45, 7) is 9.94. The first kappa shape index (κ1) is 14.9. The number of aryl methyl sites for hydroxylation is 1. The molecule has 0 aromatic carbocycles. The fourth-order valence-corrected chi connectivity index (χ4v) is 3.21. The Morgan fingerprint density at radius 2 is 1.95 bits per heavy atom. The van der Waals surface area contributed by atoms with Crippen LogP contribution in [-0.4, -0.2) is 70.4 Å². The molecule has 2 saturated heterocycles. The summed E-state index contributed by atoms with van der Waals surface area (Å²) in [4.78, 5) is 5.10. The number of ether oxygens (including phenoxy) is 1. The maximum absolute atomic E-state index is 5.86. The molecule has 6 heteroatoms. The van der Waals surface area contributed by atoms with Crippen LogP contribution in [-0.2, 0) is 11.8 Å². The minimum Gasteiger partial charge on any atom is -0.368 e. The maximum Gasteiger partial charge on any atom is 0.163 e. The lowest BCUT2D eigenvalue weighted by Crippen LogP contribution is -2.44. The summed E-state index contributed by atoms with van der Waals surface area (Å²) in [5.74, 6) is 1.84. The first-order valence-electron chi connectivity index (χ1n) is 8.12. The second-order valence-corrected chi connectivity index (χ2v) is 6.48. The molecule has 1 aromatic heterocycles. The zero-order valence-corrected chi connectivity index (χ0v) is 13.2. The van der Waals surface area contributed by atoms with Gasteiger partial charge in [-0.3, -0.25) is 4.90 Å². The molecule has 0 spiro atoms. The van der Waals surface area contributed by atoms with Crippen molar-refractivity contribution in [1.29, 1.82) is 0 Å². The predicted octanol–water partition coefficient (Wildman–Crippen LogP) is 0.920. The van der Waals surface area contributed by atoms with Crippen molar-refractivity contribution in [1.82, 2.24) is 24.6 Å². The van der Waals surface area contributed by atoms with Gasteiger partial charge in [-0.1, -0.05) is 6.92 Å². The molecule has 0 unspecified atom stereocenters. The Balaban J connectivity index is 1.47. The highest BCUT2D eigenvalue weighted by Gasteiger charge is 2.25. The van der Waals surface area contributed by atoms with E-state index in [9.17, 15) is 0 Å². The van der Waals surface area contributed by atoms with Gasteiger partial charge < -0.3 is 14.2 Å². The van der Waals surface area contributed by atoms with Crippen molar-refractivity contribution in [3.63, 3.8) is 0 Å². The summed E-state index contributed by atoms with van der Waals surface area (Å²) in [6, 6.07) is 0. The Labute approximate surface area is 127 Å². The average molecular weight is 293 g/mol. The molecule has 6 nitrogen and oxygen atoms in total. The maximum atomic E-state index is 5.86. The van der Waals surface area contributed by atoms with Crippen LogP contribution in [0.15, 0.2) is 6.33 Å². The number of nitrogens with zero attached hydrogens (tertiary/aromatic N) is 5. The van der Waals surface area contributed by atoms with E-state index >= 15 is 0 Å². The fraction of sp³-hybridized carbons (Fsp3) is 0.867. The fourth-order valence-electron chi connectivity index (χ4n) is 3.21. The van der Waals surface area contributed by atoms with E-state index in [1.165, 1.54) is 32.5 Å². The van der Waals surface area contributed by atoms with Crippen molar-refractivity contribution in [2.75, 3.05) is 45.9 Å². The molecule has 0 amide bonds. The predicted molar refractivity (Wildman–Crippen MR) is 81.0 cm³/mol. The molecule has 0 radical (unpaired) electrons. The van der Waals surface area contributed by atoms with E-state index < -0.39 is 0 Å². The molecule has 118 valence electrons. The number of likely N-dealkylation sites (tertiary alicyclic amines) is 1. The molecular formula is C15H27N5O. The van der Waals surface area contributed by atoms with Gasteiger partial charge in [-0.15, -0.1) is 10.2 Å². The number of morpholine rings is 1. The van der Waals surface area contributed by atoms with Crippen molar-refractivity contribution < 1.29 is 4.74 Å². The number of aromatic nitrogens is 3. The van der Waals surface area contributed by atoms with E-state index in [2.05, 4.69) is 26.9 Å². The molecule has 3 rings (SSSR count). The van der Waals surface area contributed by atoms with Gasteiger partial charge in [0, 0.05) is 33.2 Å². The lowest BCUT2D eigenvalue weighted by Gasteiger charge is -2.35. The molecule has 3 heterocycles. The summed E-state index contributed by atoms with van der Waals surface area (Å²) < 4.78 is 7.82. The van der Waals surface area contributed by atoms with Crippen LogP contribution in [0.5, 0.6) is 0 Å². The van der Waals surface area contributed by atoms with E-state index in [1.807, 2.05) is 11.6 Å². The van der Waals surface area contributed by atoms with Gasteiger partial charge in [0.05, 0.1) is 6.61 Å². The SMILES string of the molecule is CC1CCN(CCN2CCO[C@H](c3nncn3C)C2)CC1. The van der Waals surface area contributed by atoms with Crippen LogP contribution < -0.4 is 0 Å². The molecule has 0 saturated carbocycles. The van der Waals surface area contributed by atoms with Gasteiger partial charge in [0.15, 0.2) is 5.82 Å². The largest absolute Gasteiger partial charge is 0.368 e. The Bertz CT molecular complexity index is 441. The monoisotopic (exact) mass is 293 g/mol. The van der Waals surface area contributed by atoms with Crippen molar-refractivity contribution in [3.05, 3.63) is 12.2 Å². The van der Waals surface area contributed by atoms with Crippen molar-refractivity contribution >= 4 is 0 Å². The Hall–Kier alpha value is -0.980. The minimum absolute atomic E-state index is 0.0626. The van der Waals surface area contributed by atoms with Gasteiger partial charge in [-0.25, -0.2) is 0 Å². The lowest BCUT2D eigenvalue weighted by atomic mass is 9.99. The highest BCUT2D eigenvalue weighted by atomic mass is 16.5. The van der Waals surface area contributed by atoms with Crippen LogP contribution in [0.25, 0.3) is 0 Å². The van der Waals surface area contributed by atoms with Crippen LogP contribution in [0.3, 0.4) is 0 Å². The quantitative estimate of drug-likeness (QED) is 0.826. The first-order chi connectivity index (χ1) is 10.2. The first-order valence-corrected chi connectivity index (χ1v) is 8.12. The summed E-state index contributed by atoms with van der Waals surface area (Å²) >= 11 is 0. The Morgan fingerprint density at radius 1 is 1.19 bits per heavy atom. The van der Waals surface area contributed by atoms with Gasteiger partial charge in [0.2, 0.25) is 0 Å². The van der Waals surface area contributed by atoms with E-state index in [0.29, 0.717) is 0 Å². The summed E-state index contributed by atoms with van der Waals surface area (Å²) in [7, 11) is 1.98. The van der Waals surface area contributed by atoms with Gasteiger partial charge in [0.1, 0.15) is 12.4 Å². The molecule has 1 atom stereocenters. The third-order valence-electron chi connectivity index (χ3n) is 4.79. The van der Waals surface area contributed by atoms with Crippen molar-refractivity contribution in [3.8, 4) is 0 Å². The zero-order valence-electron chi connectivity index (χ0n) is 13.2. The van der Waals surface area contributed by atoms with Crippen LogP contribution in [0.2, 0.25) is 0 Å². The Kier molecular flexibility index (Phi) is 4.87. The molecule has 1 aromatic rings. The summed E-state index contributed by atoms with van der Waals surface area (Å²) in [6.07, 6.45) is 4.51. The second-order valence-electron chi connectivity index (χ2n) is 6.48. The number of piperidine rings is 1. The number of hydrogen-bond donors (Lipinski definition) is 0. The molecule has 21 heavy (non-hydrogen) atoms. The van der Waals surface area contributed by atoms with Crippen molar-refractivity contribution in [2.24, 2.45) is 13.0 Å². The van der Waals surface area contributed by atoms with Crippen LogP contribution >= 0.6 is 0 Å². The molecule has 0 N–H and O–H groups in total. The smallest absolute Gasteiger partial charge is 0.163 e. The molecule has 2 aliphatic rings. The van der Waals surface area contributed by atoms with E-state index in [4.69, 9.17) is 4.74 Å². The van der Waals surface area contributed by atoms with E-state index in [0.717, 1.165) is 38.0 Å². The lowest BCUT2D eigenvalue weighted by molar-refractivity contribution is -0.0382. The molecular weight excluding hydrogens is 266 g/mol. The van der Waals surface area contributed by atoms with E-state index in [-0.39, 0.29) is 6.10 Å². The standard InChI is InChI=1S/C15H27N5O/c1-13-3-5-19(6-4-13)7-8-20-9-10-21-14(11-20)15-17-16-12-18(15)2/h12-14H,3-11H2,1-2H3/t14-/m0/s1. The third-order valence-corrected chi connectivity index (χ3v) is 4.79. The zero-order chi connectivity index (χ0) is 14.7. The highest BCUT2D eigenvalue weighted by molar-refractivity contribution is 4.94. The molecule has 2 aliphatic heterocycles. The van der Waals surface area contributed by atoms with Crippen LogP contribution in [0, 0.1) is 5.92 Å². The number of rotatable bonds is 4. The number of hydrogen-bond acceptors (Lipinski definition) is 5. The molecule has 2 fully saturated rings. The van der Waals surface area contributed by atoms with Crippen LogP contribution in [0.4, 0.5) is 0 Å². The summed E-state index contributed by atoms with van der Waals surface area (Å²) in [5.41, 5.74) is 0. The Morgan fingerprint density at radius 3 is 2.67 bits per heavy atom. The van der Waals surface area contributed by atoms with Gasteiger partial charge in [0.25, 0.3) is 0 Å². The normalized spacial score (nSPS) is 26.3. The highest BCUT2D eigenvalue weighted by Crippen LogP contribution is 2.20. The van der Waals surface area contributed by atoms with Crippen LogP contribution in [0.1, 0.15) is 31.7 Å². The average Bonchev–Trinajstić information content (AvgIpc) is 2.93. The van der Waals surface area contributed by atoms with Gasteiger partial charge >= 0.3 is 0 Å². The molecule has 0 aliphatic carbocycles. The minimum atomic E-state index is 0.0626.